The number of nitrogens with two attached hydrogens (primary N) is 1. The zero-order valence-electron chi connectivity index (χ0n) is 11.8. The van der Waals surface area contributed by atoms with E-state index in [9.17, 15) is 4.79 Å². The second-order valence-corrected chi connectivity index (χ2v) is 5.88. The first kappa shape index (κ1) is 12.5. The van der Waals surface area contributed by atoms with Crippen molar-refractivity contribution >= 4 is 17.3 Å². The molecule has 0 bridgehead atoms. The third-order valence-corrected chi connectivity index (χ3v) is 4.32. The summed E-state index contributed by atoms with van der Waals surface area (Å²) in [5.41, 5.74) is 9.70. The van der Waals surface area contributed by atoms with Crippen LogP contribution in [-0.4, -0.2) is 28.0 Å². The Labute approximate surface area is 122 Å². The molecular weight excluding hydrogens is 266 g/mol. The van der Waals surface area contributed by atoms with Crippen molar-refractivity contribution in [3.63, 3.8) is 0 Å². The van der Waals surface area contributed by atoms with E-state index in [-0.39, 0.29) is 18.0 Å². The smallest absolute Gasteiger partial charge is 0.240 e. The largest absolute Gasteiger partial charge is 0.306 e. The molecule has 3 aliphatic rings. The summed E-state index contributed by atoms with van der Waals surface area (Å²) in [6.07, 6.45) is 9.01. The highest BCUT2D eigenvalue weighted by Crippen LogP contribution is 2.44. The van der Waals surface area contributed by atoms with Crippen molar-refractivity contribution in [3.05, 3.63) is 35.8 Å². The van der Waals surface area contributed by atoms with Gasteiger partial charge in [0, 0.05) is 18.0 Å². The first-order valence-corrected chi connectivity index (χ1v) is 7.21. The van der Waals surface area contributed by atoms with Crippen molar-refractivity contribution in [2.45, 2.75) is 25.9 Å². The van der Waals surface area contributed by atoms with Gasteiger partial charge in [-0.15, -0.1) is 0 Å². The summed E-state index contributed by atoms with van der Waals surface area (Å²) in [6.45, 7) is 2.02. The molecule has 1 aromatic rings. The van der Waals surface area contributed by atoms with Crippen LogP contribution in [0.3, 0.4) is 0 Å². The number of carbonyl (C=O) groups excluding carboxylic acids is 1. The number of H-pyrrole nitrogens is 1. The maximum Gasteiger partial charge on any atom is 0.240 e. The van der Waals surface area contributed by atoms with Crippen LogP contribution < -0.4 is 10.6 Å². The summed E-state index contributed by atoms with van der Waals surface area (Å²) in [5.74, 6) is 0.297. The fourth-order valence-electron chi connectivity index (χ4n) is 3.12. The monoisotopic (exact) mass is 283 g/mol. The Kier molecular flexibility index (Phi) is 2.62. The van der Waals surface area contributed by atoms with Crippen LogP contribution >= 0.6 is 0 Å². The molecule has 0 saturated heterocycles. The van der Waals surface area contributed by atoms with Crippen LogP contribution in [0.1, 0.15) is 19.8 Å². The second kappa shape index (κ2) is 4.39. The fraction of sp³-hybridized carbons (Fsp3) is 0.400. The maximum absolute atomic E-state index is 12.9. The number of hydrogen-bond donors (Lipinski definition) is 2. The van der Waals surface area contributed by atoms with Crippen molar-refractivity contribution in [2.24, 2.45) is 22.6 Å². The normalized spacial score (nSPS) is 28.8. The number of amides is 1. The van der Waals surface area contributed by atoms with Crippen LogP contribution in [0.4, 0.5) is 5.69 Å². The molecular formula is C15H17N5O. The van der Waals surface area contributed by atoms with Gasteiger partial charge in [0.2, 0.25) is 5.91 Å². The number of anilines is 1. The van der Waals surface area contributed by atoms with Crippen LogP contribution in [0.2, 0.25) is 0 Å². The van der Waals surface area contributed by atoms with Crippen molar-refractivity contribution in [1.29, 1.82) is 0 Å². The lowest BCUT2D eigenvalue weighted by Crippen LogP contribution is -2.45. The molecule has 6 nitrogen and oxygen atoms in total. The quantitative estimate of drug-likeness (QED) is 0.859. The number of aromatic nitrogens is 2. The minimum Gasteiger partial charge on any atom is -0.306 e. The lowest BCUT2D eigenvalue weighted by Gasteiger charge is -2.34. The Morgan fingerprint density at radius 3 is 2.90 bits per heavy atom. The Bertz CT molecular complexity index is 681. The number of allylic oxidation sites excluding steroid dienone is 2. The molecule has 108 valence electrons. The standard InChI is InChI=1S/C15H17N5O/c1-8-4-12(16)19-14-11(8)7-20(10-5-17-18-6-10)15(21)13(14)9-2-3-9/h4-7,9,12-13H,2-3,16H2,1H3,(H,17,18). The number of fused-ring (bicyclic) bond motifs is 1. The maximum atomic E-state index is 12.9. The first-order valence-electron chi connectivity index (χ1n) is 7.21. The molecule has 21 heavy (non-hydrogen) atoms. The molecule has 0 radical (unpaired) electrons. The molecule has 1 amide bonds. The van der Waals surface area contributed by atoms with Crippen LogP contribution in [0.25, 0.3) is 0 Å². The van der Waals surface area contributed by atoms with Gasteiger partial charge in [0.05, 0.1) is 23.5 Å². The third kappa shape index (κ3) is 1.94. The first-order chi connectivity index (χ1) is 10.1. The molecule has 4 rings (SSSR count). The summed E-state index contributed by atoms with van der Waals surface area (Å²) in [7, 11) is 0. The molecule has 2 atom stereocenters. The Hall–Kier alpha value is -2.21. The van der Waals surface area contributed by atoms with Gasteiger partial charge in [-0.25, -0.2) is 0 Å². The van der Waals surface area contributed by atoms with Crippen LogP contribution in [-0.2, 0) is 4.79 Å². The number of aliphatic imine (C=N–C) groups is 1. The SMILES string of the molecule is CC1=CC(N)N=C2C1=CN(c1cn[nH]c1)C(=O)C2C1CC1. The van der Waals surface area contributed by atoms with E-state index in [1.54, 1.807) is 17.3 Å². The molecule has 1 aromatic heterocycles. The summed E-state index contributed by atoms with van der Waals surface area (Å²) < 4.78 is 0. The van der Waals surface area contributed by atoms with Crippen LogP contribution in [0.5, 0.6) is 0 Å². The highest BCUT2D eigenvalue weighted by Gasteiger charge is 2.46. The second-order valence-electron chi connectivity index (χ2n) is 5.88. The van der Waals surface area contributed by atoms with Gasteiger partial charge >= 0.3 is 0 Å². The predicted octanol–water partition coefficient (Wildman–Crippen LogP) is 1.35. The third-order valence-electron chi connectivity index (χ3n) is 4.32. The molecule has 1 aliphatic carbocycles. The zero-order valence-corrected chi connectivity index (χ0v) is 11.8. The van der Waals surface area contributed by atoms with E-state index in [0.29, 0.717) is 5.92 Å². The molecule has 6 heteroatoms. The lowest BCUT2D eigenvalue weighted by molar-refractivity contribution is -0.120. The summed E-state index contributed by atoms with van der Waals surface area (Å²) in [4.78, 5) is 19.1. The minimum absolute atomic E-state index is 0.0725. The van der Waals surface area contributed by atoms with Crippen molar-refractivity contribution < 1.29 is 4.79 Å². The fourth-order valence-corrected chi connectivity index (χ4v) is 3.12. The van der Waals surface area contributed by atoms with Gasteiger partial charge in [-0.2, -0.15) is 5.10 Å². The highest BCUT2D eigenvalue weighted by atomic mass is 16.2. The molecule has 2 aliphatic heterocycles. The van der Waals surface area contributed by atoms with E-state index in [4.69, 9.17) is 5.73 Å². The Morgan fingerprint density at radius 1 is 1.43 bits per heavy atom. The summed E-state index contributed by atoms with van der Waals surface area (Å²) >= 11 is 0. The number of hydrogen-bond acceptors (Lipinski definition) is 4. The molecule has 3 heterocycles. The number of aromatic amines is 1. The number of rotatable bonds is 2. The van der Waals surface area contributed by atoms with Gasteiger partial charge in [0.1, 0.15) is 6.17 Å². The van der Waals surface area contributed by atoms with Gasteiger partial charge in [0.15, 0.2) is 0 Å². The van der Waals surface area contributed by atoms with Crippen LogP contribution in [0, 0.1) is 11.8 Å². The van der Waals surface area contributed by atoms with Gasteiger partial charge in [-0.05, 0) is 37.3 Å². The van der Waals surface area contributed by atoms with Gasteiger partial charge in [-0.1, -0.05) is 0 Å². The van der Waals surface area contributed by atoms with E-state index in [1.807, 2.05) is 19.2 Å². The van der Waals surface area contributed by atoms with Crippen LogP contribution in [0.15, 0.2) is 40.8 Å². The van der Waals surface area contributed by atoms with Gasteiger partial charge in [-0.3, -0.25) is 19.8 Å². The Morgan fingerprint density at radius 2 is 2.24 bits per heavy atom. The molecule has 0 aromatic carbocycles. The molecule has 2 unspecified atom stereocenters. The summed E-state index contributed by atoms with van der Waals surface area (Å²) in [6, 6.07) is 0. The van der Waals surface area contributed by atoms with Gasteiger partial charge < -0.3 is 5.73 Å². The molecule has 1 saturated carbocycles. The Balaban J connectivity index is 1.84. The predicted molar refractivity (Wildman–Crippen MR) is 79.5 cm³/mol. The van der Waals surface area contributed by atoms with E-state index < -0.39 is 0 Å². The number of carbonyl (C=O) groups is 1. The highest BCUT2D eigenvalue weighted by molar-refractivity contribution is 6.22. The number of nitrogens with zero attached hydrogens (tertiary/aromatic N) is 3. The average Bonchev–Trinajstić information content (AvgIpc) is 3.12. The molecule has 0 spiro atoms. The topological polar surface area (TPSA) is 87.4 Å². The summed E-state index contributed by atoms with van der Waals surface area (Å²) in [5, 5.41) is 6.70. The number of dihydropyridines is 1. The van der Waals surface area contributed by atoms with Crippen molar-refractivity contribution in [1.82, 2.24) is 10.2 Å². The van der Waals surface area contributed by atoms with E-state index in [2.05, 4.69) is 15.2 Å². The minimum atomic E-state index is -0.341. The van der Waals surface area contributed by atoms with E-state index in [1.165, 1.54) is 0 Å². The van der Waals surface area contributed by atoms with Crippen molar-refractivity contribution in [3.8, 4) is 0 Å². The average molecular weight is 283 g/mol. The lowest BCUT2D eigenvalue weighted by atomic mass is 9.83. The molecule has 1 fully saturated rings. The van der Waals surface area contributed by atoms with Crippen molar-refractivity contribution in [2.75, 3.05) is 4.90 Å². The zero-order chi connectivity index (χ0) is 14.6. The van der Waals surface area contributed by atoms with Gasteiger partial charge in [0.25, 0.3) is 0 Å². The molecule has 3 N–H and O–H groups in total. The number of nitrogens with one attached hydrogen (secondary N) is 1. The van der Waals surface area contributed by atoms with E-state index >= 15 is 0 Å². The van der Waals surface area contributed by atoms with E-state index in [0.717, 1.165) is 35.4 Å².